The van der Waals surface area contributed by atoms with E-state index >= 15 is 0 Å². The second-order valence-corrected chi connectivity index (χ2v) is 5.46. The molecule has 0 saturated carbocycles. The van der Waals surface area contributed by atoms with Crippen molar-refractivity contribution in [1.82, 2.24) is 0 Å². The lowest BCUT2D eigenvalue weighted by Crippen LogP contribution is -1.99. The molecule has 2 nitrogen and oxygen atoms in total. The van der Waals surface area contributed by atoms with E-state index in [-0.39, 0.29) is 0 Å². The van der Waals surface area contributed by atoms with Gasteiger partial charge in [0, 0.05) is 12.5 Å². The minimum atomic E-state index is 0.426. The second-order valence-electron chi connectivity index (χ2n) is 5.09. The van der Waals surface area contributed by atoms with Gasteiger partial charge in [0.15, 0.2) is 0 Å². The first-order chi connectivity index (χ1) is 9.91. The van der Waals surface area contributed by atoms with Crippen LogP contribution in [-0.4, -0.2) is 25.9 Å². The van der Waals surface area contributed by atoms with Gasteiger partial charge in [0.2, 0.25) is 0 Å². The first kappa shape index (κ1) is 19.9. The third kappa shape index (κ3) is 17.9. The molecule has 20 heavy (non-hydrogen) atoms. The monoisotopic (exact) mass is 304 g/mol. The highest BCUT2D eigenvalue weighted by molar-refractivity contribution is 6.17. The Morgan fingerprint density at radius 3 is 2.00 bits per heavy atom. The van der Waals surface area contributed by atoms with Gasteiger partial charge in [-0.2, -0.15) is 0 Å². The van der Waals surface area contributed by atoms with Crippen LogP contribution < -0.4 is 0 Å². The summed E-state index contributed by atoms with van der Waals surface area (Å²) in [6.07, 6.45) is 17.4. The van der Waals surface area contributed by atoms with Gasteiger partial charge < -0.3 is 9.47 Å². The SMILES string of the molecule is CCOCOCCC=CCCCCCCCCCCCl. The largest absolute Gasteiger partial charge is 0.356 e. The van der Waals surface area contributed by atoms with Crippen molar-refractivity contribution in [2.24, 2.45) is 0 Å². The van der Waals surface area contributed by atoms with Gasteiger partial charge in [-0.1, -0.05) is 50.7 Å². The number of hydrogen-bond acceptors (Lipinski definition) is 2. The molecule has 0 aliphatic heterocycles. The standard InChI is InChI=1S/C17H33ClO2/c1-2-19-17-20-16-14-12-10-8-6-4-3-5-7-9-11-13-15-18/h10,12H,2-9,11,13-17H2,1H3. The fourth-order valence-corrected chi connectivity index (χ4v) is 2.19. The fraction of sp³-hybridized carbons (Fsp3) is 0.882. The van der Waals surface area contributed by atoms with Crippen LogP contribution in [0.5, 0.6) is 0 Å². The molecular formula is C17H33ClO2. The Kier molecular flexibility index (Phi) is 18.9. The summed E-state index contributed by atoms with van der Waals surface area (Å²) in [5.74, 6) is 0.822. The number of halogens is 1. The maximum Gasteiger partial charge on any atom is 0.146 e. The van der Waals surface area contributed by atoms with Crippen molar-refractivity contribution in [2.45, 2.75) is 71.1 Å². The average Bonchev–Trinajstić information content (AvgIpc) is 2.47. The van der Waals surface area contributed by atoms with Crippen molar-refractivity contribution in [2.75, 3.05) is 25.9 Å². The van der Waals surface area contributed by atoms with E-state index in [0.29, 0.717) is 6.79 Å². The van der Waals surface area contributed by atoms with E-state index < -0.39 is 0 Å². The maximum atomic E-state index is 5.65. The normalized spacial score (nSPS) is 11.5. The minimum Gasteiger partial charge on any atom is -0.356 e. The summed E-state index contributed by atoms with van der Waals surface area (Å²) in [6, 6.07) is 0. The smallest absolute Gasteiger partial charge is 0.146 e. The minimum absolute atomic E-state index is 0.426. The lowest BCUT2D eigenvalue weighted by atomic mass is 10.1. The van der Waals surface area contributed by atoms with Crippen LogP contribution in [-0.2, 0) is 9.47 Å². The summed E-state index contributed by atoms with van der Waals surface area (Å²) in [5.41, 5.74) is 0. The van der Waals surface area contributed by atoms with E-state index in [2.05, 4.69) is 12.2 Å². The molecule has 0 saturated heterocycles. The molecule has 0 spiro atoms. The van der Waals surface area contributed by atoms with Crippen molar-refractivity contribution < 1.29 is 9.47 Å². The Morgan fingerprint density at radius 2 is 1.35 bits per heavy atom. The van der Waals surface area contributed by atoms with Crippen LogP contribution >= 0.6 is 11.6 Å². The number of unbranched alkanes of at least 4 members (excludes halogenated alkanes) is 8. The van der Waals surface area contributed by atoms with Crippen LogP contribution in [0, 0.1) is 0 Å². The molecule has 0 unspecified atom stereocenters. The summed E-state index contributed by atoms with van der Waals surface area (Å²) < 4.78 is 10.4. The molecule has 120 valence electrons. The number of allylic oxidation sites excluding steroid dienone is 1. The van der Waals surface area contributed by atoms with Crippen LogP contribution in [0.25, 0.3) is 0 Å². The number of hydrogen-bond donors (Lipinski definition) is 0. The Bertz CT molecular complexity index is 195. The topological polar surface area (TPSA) is 18.5 Å². The zero-order chi connectivity index (χ0) is 14.7. The summed E-state index contributed by atoms with van der Waals surface area (Å²) >= 11 is 5.65. The lowest BCUT2D eigenvalue weighted by Gasteiger charge is -2.01. The van der Waals surface area contributed by atoms with Gasteiger partial charge in [-0.25, -0.2) is 0 Å². The van der Waals surface area contributed by atoms with E-state index in [1.54, 1.807) is 0 Å². The quantitative estimate of drug-likeness (QED) is 0.158. The van der Waals surface area contributed by atoms with Gasteiger partial charge in [-0.05, 0) is 32.6 Å². The van der Waals surface area contributed by atoms with Crippen molar-refractivity contribution >= 4 is 11.6 Å². The van der Waals surface area contributed by atoms with E-state index in [4.69, 9.17) is 21.1 Å². The van der Waals surface area contributed by atoms with E-state index in [1.807, 2.05) is 6.92 Å². The molecule has 0 aromatic heterocycles. The molecule has 0 bridgehead atoms. The summed E-state index contributed by atoms with van der Waals surface area (Å²) in [6.45, 7) is 3.89. The zero-order valence-electron chi connectivity index (χ0n) is 13.2. The van der Waals surface area contributed by atoms with Crippen LogP contribution in [0.2, 0.25) is 0 Å². The summed E-state index contributed by atoms with van der Waals surface area (Å²) in [5, 5.41) is 0. The maximum absolute atomic E-state index is 5.65. The predicted octanol–water partition coefficient (Wildman–Crippen LogP) is 5.69. The highest BCUT2D eigenvalue weighted by atomic mass is 35.5. The Balaban J connectivity index is 3.01. The lowest BCUT2D eigenvalue weighted by molar-refractivity contribution is -0.0476. The summed E-state index contributed by atoms with van der Waals surface area (Å²) in [4.78, 5) is 0. The van der Waals surface area contributed by atoms with Gasteiger partial charge in [-0.15, -0.1) is 11.6 Å². The fourth-order valence-electron chi connectivity index (χ4n) is 2.01. The Hall–Kier alpha value is -0.0500. The molecular weight excluding hydrogens is 272 g/mol. The number of alkyl halides is 1. The highest BCUT2D eigenvalue weighted by Crippen LogP contribution is 2.10. The summed E-state index contributed by atoms with van der Waals surface area (Å²) in [7, 11) is 0. The number of ether oxygens (including phenoxy) is 2. The average molecular weight is 305 g/mol. The van der Waals surface area contributed by atoms with Gasteiger partial charge in [0.25, 0.3) is 0 Å². The molecule has 0 rings (SSSR count). The Labute approximate surface area is 130 Å². The van der Waals surface area contributed by atoms with Crippen LogP contribution in [0.3, 0.4) is 0 Å². The highest BCUT2D eigenvalue weighted by Gasteiger charge is 1.91. The van der Waals surface area contributed by atoms with E-state index in [0.717, 1.165) is 25.5 Å². The molecule has 0 amide bonds. The van der Waals surface area contributed by atoms with Crippen molar-refractivity contribution in [3.05, 3.63) is 12.2 Å². The number of rotatable bonds is 16. The van der Waals surface area contributed by atoms with Crippen molar-refractivity contribution in [1.29, 1.82) is 0 Å². The molecule has 0 fully saturated rings. The zero-order valence-corrected chi connectivity index (χ0v) is 14.0. The third-order valence-corrected chi connectivity index (χ3v) is 3.49. The van der Waals surface area contributed by atoms with Gasteiger partial charge in [0.05, 0.1) is 6.61 Å². The molecule has 0 radical (unpaired) electrons. The first-order valence-corrected chi connectivity index (χ1v) is 8.81. The third-order valence-electron chi connectivity index (χ3n) is 3.22. The molecule has 0 N–H and O–H groups in total. The van der Waals surface area contributed by atoms with Gasteiger partial charge in [-0.3, -0.25) is 0 Å². The molecule has 0 heterocycles. The van der Waals surface area contributed by atoms with Crippen molar-refractivity contribution in [3.8, 4) is 0 Å². The molecule has 0 aliphatic rings. The second kappa shape index (κ2) is 18.9. The molecule has 0 atom stereocenters. The van der Waals surface area contributed by atoms with Crippen LogP contribution in [0.1, 0.15) is 71.1 Å². The van der Waals surface area contributed by atoms with Gasteiger partial charge in [0.1, 0.15) is 6.79 Å². The van der Waals surface area contributed by atoms with E-state index in [9.17, 15) is 0 Å². The molecule has 0 aromatic rings. The van der Waals surface area contributed by atoms with Gasteiger partial charge >= 0.3 is 0 Å². The van der Waals surface area contributed by atoms with E-state index in [1.165, 1.54) is 57.8 Å². The van der Waals surface area contributed by atoms with Crippen LogP contribution in [0.4, 0.5) is 0 Å². The Morgan fingerprint density at radius 1 is 0.750 bits per heavy atom. The predicted molar refractivity (Wildman–Crippen MR) is 88.5 cm³/mol. The first-order valence-electron chi connectivity index (χ1n) is 8.28. The van der Waals surface area contributed by atoms with Crippen LogP contribution in [0.15, 0.2) is 12.2 Å². The van der Waals surface area contributed by atoms with Crippen molar-refractivity contribution in [3.63, 3.8) is 0 Å². The molecule has 3 heteroatoms. The molecule has 0 aromatic carbocycles. The molecule has 0 aliphatic carbocycles.